The predicted molar refractivity (Wildman–Crippen MR) is 220 cm³/mol. The van der Waals surface area contributed by atoms with Gasteiger partial charge in [-0.15, -0.1) is 0 Å². The van der Waals surface area contributed by atoms with Crippen LogP contribution in [0.4, 0.5) is 0 Å². The minimum Gasteiger partial charge on any atom is -0.488 e. The number of ether oxygens (including phenoxy) is 5. The van der Waals surface area contributed by atoms with Gasteiger partial charge < -0.3 is 23.7 Å². The summed E-state index contributed by atoms with van der Waals surface area (Å²) in [6.07, 6.45) is 0.340. The van der Waals surface area contributed by atoms with Crippen LogP contribution in [0, 0.1) is 0 Å². The monoisotopic (exact) mass is 740 g/mol. The van der Waals surface area contributed by atoms with Gasteiger partial charge in [0.2, 0.25) is 0 Å². The molecule has 0 aliphatic carbocycles. The Morgan fingerprint density at radius 2 is 0.873 bits per heavy atom. The smallest absolute Gasteiger partial charge is 0.175 e. The van der Waals surface area contributed by atoms with Gasteiger partial charge in [-0.3, -0.25) is 0 Å². The summed E-state index contributed by atoms with van der Waals surface area (Å²) in [5.41, 5.74) is 5.46. The molecule has 7 aromatic rings. The van der Waals surface area contributed by atoms with Gasteiger partial charge in [-0.2, -0.15) is 0 Å². The molecule has 0 N–H and O–H groups in total. The zero-order valence-corrected chi connectivity index (χ0v) is 31.1. The molecule has 7 aromatic carbocycles. The minimum atomic E-state index is -1.12. The normalized spacial score (nSPS) is 14.7. The van der Waals surface area contributed by atoms with Gasteiger partial charge in [-0.25, -0.2) is 0 Å². The van der Waals surface area contributed by atoms with E-state index in [1.54, 1.807) is 0 Å². The topological polar surface area (TPSA) is 46.2 Å². The number of benzene rings is 7. The quantitative estimate of drug-likeness (QED) is 0.103. The number of hydrogen-bond donors (Lipinski definition) is 0. The van der Waals surface area contributed by atoms with Gasteiger partial charge in [0.05, 0.1) is 5.56 Å². The maximum Gasteiger partial charge on any atom is 0.175 e. The highest BCUT2D eigenvalue weighted by molar-refractivity contribution is 7.80. The molecule has 0 bridgehead atoms. The third-order valence-corrected chi connectivity index (χ3v) is 9.99. The van der Waals surface area contributed by atoms with E-state index in [0.29, 0.717) is 72.0 Å². The van der Waals surface area contributed by atoms with Crippen molar-refractivity contribution >= 4 is 17.1 Å². The lowest BCUT2D eigenvalue weighted by Crippen LogP contribution is -2.41. The first kappa shape index (κ1) is 35.6. The van der Waals surface area contributed by atoms with Crippen LogP contribution in [0.1, 0.15) is 45.4 Å². The molecule has 0 amide bonds. The van der Waals surface area contributed by atoms with Crippen molar-refractivity contribution in [1.29, 1.82) is 0 Å². The molecular formula is C49H40O5S. The molecule has 0 aromatic heterocycles. The van der Waals surface area contributed by atoms with E-state index >= 15 is 0 Å². The number of thiocarbonyl (C=S) groups is 1. The third kappa shape index (κ3) is 8.10. The van der Waals surface area contributed by atoms with Crippen molar-refractivity contribution in [2.75, 3.05) is 0 Å². The second-order valence-electron chi connectivity index (χ2n) is 13.4. The third-order valence-electron chi connectivity index (χ3n) is 9.64. The summed E-state index contributed by atoms with van der Waals surface area (Å²) in [6, 6.07) is 60.5. The van der Waals surface area contributed by atoms with Crippen LogP contribution in [0.2, 0.25) is 0 Å². The van der Waals surface area contributed by atoms with Gasteiger partial charge in [-0.05, 0) is 40.5 Å². The van der Waals surface area contributed by atoms with Gasteiger partial charge >= 0.3 is 0 Å². The van der Waals surface area contributed by atoms with Gasteiger partial charge in [0.1, 0.15) is 32.2 Å². The molecule has 0 saturated carbocycles. The first-order valence-corrected chi connectivity index (χ1v) is 18.8. The van der Waals surface area contributed by atoms with E-state index in [4.69, 9.17) is 35.9 Å². The predicted octanol–water partition coefficient (Wildman–Crippen LogP) is 11.4. The standard InChI is InChI=1S/C49H40O5S/c55-45-31-49(40-25-14-5-15-26-40,41-27-16-28-43(51-33-37-19-8-2-9-20-37)47(41)53-35-39-23-12-4-13-24-39)54-48-44(52-34-38-21-10-3-11-22-38)30-29-42(46(45)48)50-32-36-17-6-1-7-18-36/h1-30H,31-35H2. The lowest BCUT2D eigenvalue weighted by atomic mass is 9.78. The van der Waals surface area contributed by atoms with E-state index in [1.807, 2.05) is 152 Å². The summed E-state index contributed by atoms with van der Waals surface area (Å²) in [6.45, 7) is 1.42. The average Bonchev–Trinajstić information content (AvgIpc) is 3.25. The molecule has 0 saturated heterocycles. The zero-order valence-electron chi connectivity index (χ0n) is 30.3. The Morgan fingerprint density at radius 1 is 0.436 bits per heavy atom. The molecule has 1 atom stereocenters. The highest BCUT2D eigenvalue weighted by atomic mass is 32.1. The number of fused-ring (bicyclic) bond motifs is 1. The molecule has 1 unspecified atom stereocenters. The molecule has 272 valence electrons. The van der Waals surface area contributed by atoms with E-state index in [9.17, 15) is 0 Å². The Hall–Kier alpha value is -6.37. The second kappa shape index (κ2) is 16.8. The molecule has 1 aliphatic rings. The van der Waals surface area contributed by atoms with Crippen molar-refractivity contribution in [3.05, 3.63) is 221 Å². The molecule has 5 nitrogen and oxygen atoms in total. The fraction of sp³-hybridized carbons (Fsp3) is 0.122. The van der Waals surface area contributed by atoms with Gasteiger partial charge in [0.25, 0.3) is 0 Å². The van der Waals surface area contributed by atoms with Crippen LogP contribution in [0.15, 0.2) is 182 Å². The number of para-hydroxylation sites is 1. The van der Waals surface area contributed by atoms with E-state index in [2.05, 4.69) is 30.3 Å². The van der Waals surface area contributed by atoms with Crippen LogP contribution < -0.4 is 23.7 Å². The van der Waals surface area contributed by atoms with E-state index in [1.165, 1.54) is 0 Å². The van der Waals surface area contributed by atoms with E-state index < -0.39 is 5.60 Å². The van der Waals surface area contributed by atoms with Crippen LogP contribution >= 0.6 is 12.2 Å². The summed E-state index contributed by atoms with van der Waals surface area (Å²) < 4.78 is 33.9. The summed E-state index contributed by atoms with van der Waals surface area (Å²) in [7, 11) is 0. The van der Waals surface area contributed by atoms with Crippen LogP contribution in [0.3, 0.4) is 0 Å². The summed E-state index contributed by atoms with van der Waals surface area (Å²) >= 11 is 6.41. The molecular weight excluding hydrogens is 701 g/mol. The van der Waals surface area contributed by atoms with Crippen molar-refractivity contribution in [1.82, 2.24) is 0 Å². The fourth-order valence-electron chi connectivity index (χ4n) is 6.88. The SMILES string of the molecule is S=C1CC(c2ccccc2)(c2cccc(OCc3ccccc3)c2OCc2ccccc2)Oc2c(OCc3ccccc3)ccc(OCc3ccccc3)c21. The van der Waals surface area contributed by atoms with Crippen LogP contribution in [0.5, 0.6) is 28.7 Å². The van der Waals surface area contributed by atoms with Crippen molar-refractivity contribution < 1.29 is 23.7 Å². The zero-order chi connectivity index (χ0) is 37.3. The summed E-state index contributed by atoms with van der Waals surface area (Å²) in [4.78, 5) is 0.683. The molecule has 0 radical (unpaired) electrons. The average molecular weight is 741 g/mol. The molecule has 0 fully saturated rings. The Bertz CT molecular complexity index is 2330. The Kier molecular flexibility index (Phi) is 10.9. The number of rotatable bonds is 14. The Morgan fingerprint density at radius 3 is 1.40 bits per heavy atom. The highest BCUT2D eigenvalue weighted by Crippen LogP contribution is 2.54. The lowest BCUT2D eigenvalue weighted by molar-refractivity contribution is 0.0989. The van der Waals surface area contributed by atoms with Crippen molar-refractivity contribution in [3.8, 4) is 28.7 Å². The van der Waals surface area contributed by atoms with E-state index in [-0.39, 0.29) is 0 Å². The molecule has 8 rings (SSSR count). The second-order valence-corrected chi connectivity index (χ2v) is 13.9. The van der Waals surface area contributed by atoms with Gasteiger partial charge in [-0.1, -0.05) is 176 Å². The largest absolute Gasteiger partial charge is 0.488 e. The van der Waals surface area contributed by atoms with Gasteiger partial charge in [0.15, 0.2) is 28.6 Å². The molecule has 1 heterocycles. The van der Waals surface area contributed by atoms with Crippen LogP contribution in [-0.2, 0) is 32.0 Å². The fourth-order valence-corrected chi connectivity index (χ4v) is 7.27. The van der Waals surface area contributed by atoms with E-state index in [0.717, 1.165) is 33.4 Å². The Balaban J connectivity index is 1.26. The molecule has 0 spiro atoms. The van der Waals surface area contributed by atoms with Crippen molar-refractivity contribution in [2.24, 2.45) is 0 Å². The van der Waals surface area contributed by atoms with Gasteiger partial charge in [0, 0.05) is 22.4 Å². The lowest BCUT2D eigenvalue weighted by Gasteiger charge is -2.41. The summed E-state index contributed by atoms with van der Waals surface area (Å²) in [5.74, 6) is 2.91. The van der Waals surface area contributed by atoms with Crippen molar-refractivity contribution in [2.45, 2.75) is 38.4 Å². The van der Waals surface area contributed by atoms with Crippen LogP contribution in [-0.4, -0.2) is 4.86 Å². The Labute approximate surface area is 327 Å². The van der Waals surface area contributed by atoms with Crippen LogP contribution in [0.25, 0.3) is 0 Å². The first-order chi connectivity index (χ1) is 27.2. The molecule has 55 heavy (non-hydrogen) atoms. The van der Waals surface area contributed by atoms with Crippen molar-refractivity contribution in [3.63, 3.8) is 0 Å². The molecule has 6 heteroatoms. The maximum absolute atomic E-state index is 7.46. The minimum absolute atomic E-state index is 0.328. The number of hydrogen-bond acceptors (Lipinski definition) is 6. The maximum atomic E-state index is 7.46. The highest BCUT2D eigenvalue weighted by Gasteiger charge is 2.47. The molecule has 1 aliphatic heterocycles. The summed E-state index contributed by atoms with van der Waals surface area (Å²) in [5, 5.41) is 0. The first-order valence-electron chi connectivity index (χ1n) is 18.4.